The Labute approximate surface area is 81.3 Å². The molecule has 6 heteroatoms. The van der Waals surface area contributed by atoms with Crippen LogP contribution >= 0.6 is 0 Å². The van der Waals surface area contributed by atoms with Gasteiger partial charge in [-0.25, -0.2) is 9.97 Å². The van der Waals surface area contributed by atoms with Crippen LogP contribution < -0.4 is 5.73 Å². The quantitative estimate of drug-likeness (QED) is 0.692. The number of anilines is 1. The average Bonchev–Trinajstić information content (AvgIpc) is 2.20. The topological polar surface area (TPSA) is 94.0 Å². The highest BCUT2D eigenvalue weighted by Crippen LogP contribution is 2.15. The van der Waals surface area contributed by atoms with Crippen LogP contribution in [0.15, 0.2) is 6.20 Å². The van der Waals surface area contributed by atoms with E-state index in [0.717, 1.165) is 0 Å². The van der Waals surface area contributed by atoms with Crippen molar-refractivity contribution < 1.29 is 9.47 Å². The van der Waals surface area contributed by atoms with E-state index in [0.29, 0.717) is 5.69 Å². The van der Waals surface area contributed by atoms with E-state index in [-0.39, 0.29) is 11.5 Å². The molecule has 0 spiro atoms. The third kappa shape index (κ3) is 1.96. The van der Waals surface area contributed by atoms with Crippen molar-refractivity contribution >= 4 is 5.82 Å². The highest BCUT2D eigenvalue weighted by atomic mass is 16.7. The third-order valence-electron chi connectivity index (χ3n) is 1.59. The van der Waals surface area contributed by atoms with Crippen molar-refractivity contribution in [2.24, 2.45) is 0 Å². The molecule has 14 heavy (non-hydrogen) atoms. The minimum Gasteiger partial charge on any atom is -0.381 e. The summed E-state index contributed by atoms with van der Waals surface area (Å²) >= 11 is 0. The lowest BCUT2D eigenvalue weighted by Crippen LogP contribution is -2.09. The number of nitrogens with two attached hydrogens (primary N) is 1. The van der Waals surface area contributed by atoms with Gasteiger partial charge in [0.25, 0.3) is 0 Å². The van der Waals surface area contributed by atoms with Crippen molar-refractivity contribution in [2.75, 3.05) is 20.0 Å². The van der Waals surface area contributed by atoms with Crippen molar-refractivity contribution in [2.45, 2.75) is 6.29 Å². The first-order valence-electron chi connectivity index (χ1n) is 3.81. The summed E-state index contributed by atoms with van der Waals surface area (Å²) in [7, 11) is 2.95. The molecule has 1 aromatic rings. The SMILES string of the molecule is COC(OC)c1cnc(C#N)c(N)n1. The standard InChI is InChI=1S/C8H10N4O2/c1-13-8(14-2)6-4-11-5(3-9)7(10)12-6/h4,8H,1-2H3,(H2,10,12). The van der Waals surface area contributed by atoms with Gasteiger partial charge < -0.3 is 15.2 Å². The summed E-state index contributed by atoms with van der Waals surface area (Å²) in [6.45, 7) is 0. The van der Waals surface area contributed by atoms with Gasteiger partial charge >= 0.3 is 0 Å². The fraction of sp³-hybridized carbons (Fsp3) is 0.375. The van der Waals surface area contributed by atoms with E-state index in [1.54, 1.807) is 0 Å². The predicted octanol–water partition coefficient (Wildman–Crippen LogP) is 0.222. The molecule has 0 aliphatic carbocycles. The maximum atomic E-state index is 8.57. The fourth-order valence-electron chi connectivity index (χ4n) is 0.955. The Balaban J connectivity index is 3.02. The summed E-state index contributed by atoms with van der Waals surface area (Å²) in [5, 5.41) is 8.57. The van der Waals surface area contributed by atoms with Crippen molar-refractivity contribution in [3.63, 3.8) is 0 Å². The normalized spacial score (nSPS) is 10.1. The maximum Gasteiger partial charge on any atom is 0.202 e. The van der Waals surface area contributed by atoms with Crippen LogP contribution in [0.3, 0.4) is 0 Å². The molecule has 0 saturated heterocycles. The van der Waals surface area contributed by atoms with Crippen molar-refractivity contribution in [1.82, 2.24) is 9.97 Å². The molecule has 1 heterocycles. The number of nitrogens with zero attached hydrogens (tertiary/aromatic N) is 3. The Hall–Kier alpha value is -1.71. The van der Waals surface area contributed by atoms with E-state index >= 15 is 0 Å². The molecule has 0 amide bonds. The molecule has 0 aliphatic rings. The molecule has 0 aromatic carbocycles. The minimum atomic E-state index is -0.613. The van der Waals surface area contributed by atoms with Crippen LogP contribution in [-0.2, 0) is 9.47 Å². The van der Waals surface area contributed by atoms with Crippen molar-refractivity contribution in [3.05, 3.63) is 17.6 Å². The van der Waals surface area contributed by atoms with Gasteiger partial charge in [-0.15, -0.1) is 0 Å². The highest BCUT2D eigenvalue weighted by molar-refractivity contribution is 5.43. The number of hydrogen-bond acceptors (Lipinski definition) is 6. The fourth-order valence-corrected chi connectivity index (χ4v) is 0.955. The van der Waals surface area contributed by atoms with Crippen LogP contribution in [0.4, 0.5) is 5.82 Å². The molecule has 1 aromatic heterocycles. The van der Waals surface area contributed by atoms with Gasteiger partial charge in [0.1, 0.15) is 11.8 Å². The zero-order valence-electron chi connectivity index (χ0n) is 7.89. The predicted molar refractivity (Wildman–Crippen MR) is 47.9 cm³/mol. The smallest absolute Gasteiger partial charge is 0.202 e. The lowest BCUT2D eigenvalue weighted by Gasteiger charge is -2.12. The van der Waals surface area contributed by atoms with E-state index in [1.165, 1.54) is 20.4 Å². The number of nitriles is 1. The summed E-state index contributed by atoms with van der Waals surface area (Å²) in [5.74, 6) is 0.0732. The molecule has 0 aliphatic heterocycles. The van der Waals surface area contributed by atoms with Crippen LogP contribution in [0.2, 0.25) is 0 Å². The number of hydrogen-bond donors (Lipinski definition) is 1. The molecule has 2 N–H and O–H groups in total. The molecule has 74 valence electrons. The Morgan fingerprint density at radius 2 is 2.14 bits per heavy atom. The molecule has 0 atom stereocenters. The monoisotopic (exact) mass is 194 g/mol. The van der Waals surface area contributed by atoms with Crippen LogP contribution in [0.1, 0.15) is 17.7 Å². The largest absolute Gasteiger partial charge is 0.381 e. The molecule has 0 radical (unpaired) electrons. The van der Waals surface area contributed by atoms with E-state index < -0.39 is 6.29 Å². The van der Waals surface area contributed by atoms with E-state index in [9.17, 15) is 0 Å². The lowest BCUT2D eigenvalue weighted by molar-refractivity contribution is -0.108. The summed E-state index contributed by atoms with van der Waals surface area (Å²) in [6.07, 6.45) is 0.782. The average molecular weight is 194 g/mol. The molecule has 0 saturated carbocycles. The Morgan fingerprint density at radius 1 is 1.50 bits per heavy atom. The summed E-state index contributed by atoms with van der Waals surface area (Å²) < 4.78 is 9.90. The maximum absolute atomic E-state index is 8.57. The Kier molecular flexibility index (Phi) is 3.34. The number of rotatable bonds is 3. The molecular weight excluding hydrogens is 184 g/mol. The van der Waals surface area contributed by atoms with Gasteiger partial charge in [-0.05, 0) is 0 Å². The van der Waals surface area contributed by atoms with Gasteiger partial charge in [-0.3, -0.25) is 0 Å². The van der Waals surface area contributed by atoms with Gasteiger partial charge in [0.15, 0.2) is 11.5 Å². The van der Waals surface area contributed by atoms with Gasteiger partial charge in [0, 0.05) is 14.2 Å². The van der Waals surface area contributed by atoms with E-state index in [2.05, 4.69) is 9.97 Å². The molecule has 0 bridgehead atoms. The van der Waals surface area contributed by atoms with Crippen LogP contribution in [-0.4, -0.2) is 24.2 Å². The van der Waals surface area contributed by atoms with Crippen LogP contribution in [0.25, 0.3) is 0 Å². The molecule has 0 fully saturated rings. The van der Waals surface area contributed by atoms with Crippen LogP contribution in [0, 0.1) is 11.3 Å². The Bertz CT molecular complexity index is 357. The van der Waals surface area contributed by atoms with Gasteiger partial charge in [-0.2, -0.15) is 5.26 Å². The second-order valence-electron chi connectivity index (χ2n) is 2.44. The van der Waals surface area contributed by atoms with E-state index in [1.807, 2.05) is 6.07 Å². The number of ether oxygens (including phenoxy) is 2. The zero-order chi connectivity index (χ0) is 10.6. The first-order chi connectivity index (χ1) is 6.72. The second-order valence-corrected chi connectivity index (χ2v) is 2.44. The highest BCUT2D eigenvalue weighted by Gasteiger charge is 2.13. The summed E-state index contributed by atoms with van der Waals surface area (Å²) in [6, 6.07) is 1.82. The summed E-state index contributed by atoms with van der Waals surface area (Å²) in [4.78, 5) is 7.73. The molecule has 6 nitrogen and oxygen atoms in total. The first-order valence-corrected chi connectivity index (χ1v) is 3.81. The van der Waals surface area contributed by atoms with Crippen LogP contribution in [0.5, 0.6) is 0 Å². The van der Waals surface area contributed by atoms with Gasteiger partial charge in [0.05, 0.1) is 6.20 Å². The number of methoxy groups -OCH3 is 2. The minimum absolute atomic E-state index is 0.0732. The summed E-state index contributed by atoms with van der Waals surface area (Å²) in [5.41, 5.74) is 6.01. The van der Waals surface area contributed by atoms with Crippen molar-refractivity contribution in [3.8, 4) is 6.07 Å². The molecular formula is C8H10N4O2. The van der Waals surface area contributed by atoms with Gasteiger partial charge in [0.2, 0.25) is 6.29 Å². The first kappa shape index (κ1) is 10.4. The van der Waals surface area contributed by atoms with Crippen molar-refractivity contribution in [1.29, 1.82) is 5.26 Å². The second kappa shape index (κ2) is 4.50. The lowest BCUT2D eigenvalue weighted by atomic mass is 10.4. The number of nitrogen functional groups attached to an aromatic ring is 1. The number of aromatic nitrogens is 2. The molecule has 0 unspecified atom stereocenters. The third-order valence-corrected chi connectivity index (χ3v) is 1.59. The van der Waals surface area contributed by atoms with E-state index in [4.69, 9.17) is 20.5 Å². The van der Waals surface area contributed by atoms with Gasteiger partial charge in [-0.1, -0.05) is 0 Å². The molecule has 1 rings (SSSR count). The Morgan fingerprint density at radius 3 is 2.57 bits per heavy atom. The zero-order valence-corrected chi connectivity index (χ0v) is 7.89.